The fourth-order valence-electron chi connectivity index (χ4n) is 4.10. The number of ether oxygens (including phenoxy) is 1. The average Bonchev–Trinajstić information content (AvgIpc) is 2.95. The van der Waals surface area contributed by atoms with Gasteiger partial charge in [-0.2, -0.15) is 0 Å². The lowest BCUT2D eigenvalue weighted by Gasteiger charge is -2.43. The van der Waals surface area contributed by atoms with Crippen LogP contribution in [0.25, 0.3) is 0 Å². The van der Waals surface area contributed by atoms with Crippen LogP contribution in [0.5, 0.6) is 0 Å². The van der Waals surface area contributed by atoms with Gasteiger partial charge in [0.15, 0.2) is 0 Å². The van der Waals surface area contributed by atoms with Gasteiger partial charge in [-0.3, -0.25) is 4.90 Å². The second-order valence-electron chi connectivity index (χ2n) is 6.85. The first-order chi connectivity index (χ1) is 9.33. The molecule has 3 unspecified atom stereocenters. The number of piperazine rings is 1. The Kier molecular flexibility index (Phi) is 4.78. The predicted octanol–water partition coefficient (Wildman–Crippen LogP) is 2.41. The van der Waals surface area contributed by atoms with E-state index in [1.165, 1.54) is 51.5 Å². The number of hydrogen-bond donors (Lipinski definition) is 1. The summed E-state index contributed by atoms with van der Waals surface area (Å²) in [5, 5.41) is 3.81. The fourth-order valence-corrected chi connectivity index (χ4v) is 4.10. The maximum atomic E-state index is 5.82. The van der Waals surface area contributed by atoms with Gasteiger partial charge in [0.1, 0.15) is 0 Å². The first-order valence-corrected chi connectivity index (χ1v) is 8.42. The summed E-state index contributed by atoms with van der Waals surface area (Å²) in [5.74, 6) is 0.924. The van der Waals surface area contributed by atoms with E-state index in [9.17, 15) is 0 Å². The lowest BCUT2D eigenvalue weighted by molar-refractivity contribution is 0.0339. The van der Waals surface area contributed by atoms with Crippen LogP contribution in [0.3, 0.4) is 0 Å². The van der Waals surface area contributed by atoms with E-state index >= 15 is 0 Å². The van der Waals surface area contributed by atoms with Crippen molar-refractivity contribution in [2.24, 2.45) is 5.92 Å². The van der Waals surface area contributed by atoms with Crippen LogP contribution in [-0.2, 0) is 4.74 Å². The molecule has 3 fully saturated rings. The molecule has 1 saturated carbocycles. The average molecular weight is 266 g/mol. The quantitative estimate of drug-likeness (QED) is 0.849. The molecule has 0 aromatic carbocycles. The van der Waals surface area contributed by atoms with E-state index in [4.69, 9.17) is 4.74 Å². The summed E-state index contributed by atoms with van der Waals surface area (Å²) in [6, 6.07) is 1.40. The molecule has 0 bridgehead atoms. The van der Waals surface area contributed by atoms with Crippen molar-refractivity contribution in [2.45, 2.75) is 70.1 Å². The standard InChI is InChI=1S/C16H30N2O/c1-13-10-17-16(14-6-3-2-4-7-14)12-18(13)11-15-8-5-9-19-15/h13-17H,2-12H2,1H3. The maximum absolute atomic E-state index is 5.82. The third-order valence-corrected chi connectivity index (χ3v) is 5.41. The number of nitrogens with one attached hydrogen (secondary N) is 1. The van der Waals surface area contributed by atoms with E-state index in [1.54, 1.807) is 0 Å². The third-order valence-electron chi connectivity index (χ3n) is 5.41. The van der Waals surface area contributed by atoms with Gasteiger partial charge >= 0.3 is 0 Å². The first-order valence-electron chi connectivity index (χ1n) is 8.42. The zero-order valence-corrected chi connectivity index (χ0v) is 12.4. The molecule has 3 heteroatoms. The van der Waals surface area contributed by atoms with Gasteiger partial charge in [-0.1, -0.05) is 19.3 Å². The Bertz CT molecular complexity index is 272. The highest BCUT2D eigenvalue weighted by Gasteiger charge is 2.32. The molecule has 0 spiro atoms. The third kappa shape index (κ3) is 3.50. The molecular formula is C16H30N2O. The van der Waals surface area contributed by atoms with Gasteiger partial charge < -0.3 is 10.1 Å². The summed E-state index contributed by atoms with van der Waals surface area (Å²) < 4.78 is 5.82. The van der Waals surface area contributed by atoms with Crippen LogP contribution in [0.15, 0.2) is 0 Å². The molecule has 3 rings (SSSR count). The van der Waals surface area contributed by atoms with Crippen molar-refractivity contribution in [3.05, 3.63) is 0 Å². The minimum atomic E-state index is 0.507. The molecule has 3 aliphatic rings. The van der Waals surface area contributed by atoms with Crippen LogP contribution in [-0.4, -0.2) is 49.3 Å². The minimum absolute atomic E-state index is 0.507. The molecule has 2 heterocycles. The maximum Gasteiger partial charge on any atom is 0.0702 e. The molecule has 3 nitrogen and oxygen atoms in total. The zero-order valence-electron chi connectivity index (χ0n) is 12.4. The van der Waals surface area contributed by atoms with Gasteiger partial charge in [0.05, 0.1) is 6.10 Å². The molecule has 2 saturated heterocycles. The van der Waals surface area contributed by atoms with Crippen LogP contribution in [0, 0.1) is 5.92 Å². The molecule has 0 amide bonds. The van der Waals surface area contributed by atoms with Gasteiger partial charge in [0.25, 0.3) is 0 Å². The van der Waals surface area contributed by atoms with E-state index in [1.807, 2.05) is 0 Å². The number of hydrogen-bond acceptors (Lipinski definition) is 3. The van der Waals surface area contributed by atoms with Gasteiger partial charge in [-0.15, -0.1) is 0 Å². The summed E-state index contributed by atoms with van der Waals surface area (Å²) in [6.45, 7) is 6.90. The van der Waals surface area contributed by atoms with Crippen molar-refractivity contribution in [1.82, 2.24) is 10.2 Å². The Hall–Kier alpha value is -0.120. The highest BCUT2D eigenvalue weighted by Crippen LogP contribution is 2.28. The van der Waals surface area contributed by atoms with Crippen LogP contribution in [0.2, 0.25) is 0 Å². The lowest BCUT2D eigenvalue weighted by Crippen LogP contribution is -2.59. The normalized spacial score (nSPS) is 38.7. The molecule has 3 atom stereocenters. The summed E-state index contributed by atoms with van der Waals surface area (Å²) in [6.07, 6.45) is 10.3. The molecular weight excluding hydrogens is 236 g/mol. The summed E-state index contributed by atoms with van der Waals surface area (Å²) in [5.41, 5.74) is 0. The van der Waals surface area contributed by atoms with Crippen LogP contribution in [0.4, 0.5) is 0 Å². The fraction of sp³-hybridized carbons (Fsp3) is 1.00. The van der Waals surface area contributed by atoms with Crippen molar-refractivity contribution < 1.29 is 4.74 Å². The van der Waals surface area contributed by atoms with Gasteiger partial charge in [-0.25, -0.2) is 0 Å². The number of nitrogens with zero attached hydrogens (tertiary/aromatic N) is 1. The monoisotopic (exact) mass is 266 g/mol. The van der Waals surface area contributed by atoms with Crippen LogP contribution < -0.4 is 5.32 Å². The number of rotatable bonds is 3. The van der Waals surface area contributed by atoms with Gasteiger partial charge in [-0.05, 0) is 38.5 Å². The summed E-state index contributed by atoms with van der Waals surface area (Å²) in [4.78, 5) is 2.69. The molecule has 0 aromatic rings. The van der Waals surface area contributed by atoms with E-state index in [2.05, 4.69) is 17.1 Å². The molecule has 1 N–H and O–H groups in total. The highest BCUT2D eigenvalue weighted by atomic mass is 16.5. The highest BCUT2D eigenvalue weighted by molar-refractivity contribution is 4.90. The second-order valence-corrected chi connectivity index (χ2v) is 6.85. The molecule has 1 aliphatic carbocycles. The molecule has 0 aromatic heterocycles. The smallest absolute Gasteiger partial charge is 0.0702 e. The van der Waals surface area contributed by atoms with Gasteiger partial charge in [0.2, 0.25) is 0 Å². The first kappa shape index (κ1) is 13.8. The minimum Gasteiger partial charge on any atom is -0.377 e. The summed E-state index contributed by atoms with van der Waals surface area (Å²) >= 11 is 0. The Balaban J connectivity index is 1.53. The van der Waals surface area contributed by atoms with E-state index in [-0.39, 0.29) is 0 Å². The summed E-state index contributed by atoms with van der Waals surface area (Å²) in [7, 11) is 0. The predicted molar refractivity (Wildman–Crippen MR) is 78.4 cm³/mol. The lowest BCUT2D eigenvalue weighted by atomic mass is 9.82. The van der Waals surface area contributed by atoms with E-state index in [0.29, 0.717) is 12.1 Å². The Labute approximate surface area is 118 Å². The molecule has 2 aliphatic heterocycles. The molecule has 110 valence electrons. The van der Waals surface area contributed by atoms with Gasteiger partial charge in [0, 0.05) is 38.3 Å². The van der Waals surface area contributed by atoms with Crippen molar-refractivity contribution in [1.29, 1.82) is 0 Å². The van der Waals surface area contributed by atoms with E-state index < -0.39 is 0 Å². The van der Waals surface area contributed by atoms with Crippen molar-refractivity contribution >= 4 is 0 Å². The molecule has 0 radical (unpaired) electrons. The van der Waals surface area contributed by atoms with Crippen molar-refractivity contribution in [2.75, 3.05) is 26.2 Å². The Morgan fingerprint density at radius 1 is 1.11 bits per heavy atom. The van der Waals surface area contributed by atoms with Crippen molar-refractivity contribution in [3.8, 4) is 0 Å². The van der Waals surface area contributed by atoms with Crippen LogP contribution in [0.1, 0.15) is 51.9 Å². The largest absolute Gasteiger partial charge is 0.377 e. The zero-order chi connectivity index (χ0) is 13.1. The second kappa shape index (κ2) is 6.55. The Morgan fingerprint density at radius 2 is 1.95 bits per heavy atom. The SMILES string of the molecule is CC1CNC(C2CCCCC2)CN1CC1CCCO1. The Morgan fingerprint density at radius 3 is 2.68 bits per heavy atom. The topological polar surface area (TPSA) is 24.5 Å². The van der Waals surface area contributed by atoms with Crippen LogP contribution >= 0.6 is 0 Å². The van der Waals surface area contributed by atoms with E-state index in [0.717, 1.165) is 31.7 Å². The molecule has 19 heavy (non-hydrogen) atoms. The van der Waals surface area contributed by atoms with Crippen molar-refractivity contribution in [3.63, 3.8) is 0 Å².